The molecule has 18 heavy (non-hydrogen) atoms. The maximum absolute atomic E-state index is 4.68. The molecular formula is C13H23N5. The van der Waals surface area contributed by atoms with Gasteiger partial charge in [0.1, 0.15) is 5.82 Å². The van der Waals surface area contributed by atoms with Crippen molar-refractivity contribution < 1.29 is 0 Å². The van der Waals surface area contributed by atoms with Gasteiger partial charge in [-0.15, -0.1) is 5.10 Å². The van der Waals surface area contributed by atoms with Gasteiger partial charge in [0, 0.05) is 25.0 Å². The van der Waals surface area contributed by atoms with Gasteiger partial charge in [0.25, 0.3) is 0 Å². The molecule has 1 unspecified atom stereocenters. The Morgan fingerprint density at radius 1 is 1.33 bits per heavy atom. The van der Waals surface area contributed by atoms with E-state index in [1.165, 1.54) is 19.3 Å². The van der Waals surface area contributed by atoms with E-state index in [9.17, 15) is 0 Å². The summed E-state index contributed by atoms with van der Waals surface area (Å²) in [7, 11) is 2.04. The highest BCUT2D eigenvalue weighted by Crippen LogP contribution is 2.57. The lowest BCUT2D eigenvalue weighted by atomic mass is 10.1. The third kappa shape index (κ3) is 2.11. The molecule has 5 heteroatoms. The molecule has 1 aromatic rings. The van der Waals surface area contributed by atoms with Crippen LogP contribution in [-0.4, -0.2) is 41.4 Å². The maximum Gasteiger partial charge on any atom is 0.244 e. The molecule has 2 N–H and O–H groups in total. The summed E-state index contributed by atoms with van der Waals surface area (Å²) in [6.07, 6.45) is 3.58. The van der Waals surface area contributed by atoms with Crippen LogP contribution in [0.2, 0.25) is 0 Å². The Balaban J connectivity index is 1.64. The van der Waals surface area contributed by atoms with Crippen molar-refractivity contribution in [3.05, 3.63) is 5.82 Å². The predicted molar refractivity (Wildman–Crippen MR) is 71.8 cm³/mol. The molecule has 1 saturated heterocycles. The monoisotopic (exact) mass is 249 g/mol. The number of hydrogen-bond donors (Lipinski definition) is 2. The zero-order valence-corrected chi connectivity index (χ0v) is 11.5. The van der Waals surface area contributed by atoms with Gasteiger partial charge in [-0.2, -0.15) is 4.98 Å². The summed E-state index contributed by atoms with van der Waals surface area (Å²) in [5.41, 5.74) is 0.413. The predicted octanol–water partition coefficient (Wildman–Crippen LogP) is 1.51. The van der Waals surface area contributed by atoms with Gasteiger partial charge in [-0.25, -0.2) is 0 Å². The van der Waals surface area contributed by atoms with Crippen molar-refractivity contribution >= 4 is 5.95 Å². The second-order valence-electron chi connectivity index (χ2n) is 6.32. The van der Waals surface area contributed by atoms with Gasteiger partial charge >= 0.3 is 0 Å². The van der Waals surface area contributed by atoms with Crippen molar-refractivity contribution in [1.82, 2.24) is 20.5 Å². The molecule has 0 spiro atoms. The molecule has 1 saturated carbocycles. The highest BCUT2D eigenvalue weighted by Gasteiger charge is 2.48. The number of aromatic nitrogens is 3. The molecule has 1 aromatic heterocycles. The van der Waals surface area contributed by atoms with Gasteiger partial charge in [0.2, 0.25) is 5.95 Å². The molecule has 3 rings (SSSR count). The Hall–Kier alpha value is -1.10. The van der Waals surface area contributed by atoms with Crippen LogP contribution in [0.25, 0.3) is 0 Å². The first kappa shape index (κ1) is 12.0. The van der Waals surface area contributed by atoms with Crippen molar-refractivity contribution in [2.24, 2.45) is 5.41 Å². The van der Waals surface area contributed by atoms with Crippen LogP contribution in [0.5, 0.6) is 0 Å². The molecule has 2 heterocycles. The van der Waals surface area contributed by atoms with Gasteiger partial charge in [-0.3, -0.25) is 5.10 Å². The van der Waals surface area contributed by atoms with E-state index >= 15 is 0 Å². The van der Waals surface area contributed by atoms with Crippen molar-refractivity contribution in [3.8, 4) is 0 Å². The zero-order chi connectivity index (χ0) is 12.8. The van der Waals surface area contributed by atoms with Gasteiger partial charge in [0.05, 0.1) is 0 Å². The lowest BCUT2D eigenvalue weighted by molar-refractivity contribution is 0.439. The van der Waals surface area contributed by atoms with Crippen LogP contribution in [0.15, 0.2) is 0 Å². The summed E-state index contributed by atoms with van der Waals surface area (Å²) in [6, 6.07) is 0.655. The molecule has 1 aliphatic carbocycles. The number of hydrogen-bond acceptors (Lipinski definition) is 4. The van der Waals surface area contributed by atoms with Crippen molar-refractivity contribution in [3.63, 3.8) is 0 Å². The summed E-state index contributed by atoms with van der Waals surface area (Å²) in [4.78, 5) is 6.98. The van der Waals surface area contributed by atoms with Crippen LogP contribution in [0, 0.1) is 5.41 Å². The summed E-state index contributed by atoms with van der Waals surface area (Å²) in [5, 5.41) is 10.9. The highest BCUT2D eigenvalue weighted by atomic mass is 15.4. The maximum atomic E-state index is 4.68. The fraction of sp³-hybridized carbons (Fsp3) is 0.846. The van der Waals surface area contributed by atoms with Crippen LogP contribution >= 0.6 is 0 Å². The lowest BCUT2D eigenvalue weighted by Gasteiger charge is -2.30. The fourth-order valence-corrected chi connectivity index (χ4v) is 2.86. The average molecular weight is 249 g/mol. The summed E-state index contributed by atoms with van der Waals surface area (Å²) >= 11 is 0. The Kier molecular flexibility index (Phi) is 2.81. The number of rotatable bonds is 3. The number of H-pyrrole nitrogens is 1. The topological polar surface area (TPSA) is 56.8 Å². The standard InChI is InChI=1S/C13H23N5/c1-13(2)8-10(13)11-15-12(17-16-11)18-6-4-9(14-3)5-7-18/h9-10,14H,4-8H2,1-3H3,(H,15,16,17). The smallest absolute Gasteiger partial charge is 0.244 e. The Morgan fingerprint density at radius 3 is 2.56 bits per heavy atom. The normalized spacial score (nSPS) is 27.5. The van der Waals surface area contributed by atoms with Gasteiger partial charge in [-0.05, 0) is 31.7 Å². The van der Waals surface area contributed by atoms with Gasteiger partial charge in [-0.1, -0.05) is 13.8 Å². The first-order chi connectivity index (χ1) is 8.60. The quantitative estimate of drug-likeness (QED) is 0.852. The molecule has 0 radical (unpaired) electrons. The molecule has 1 atom stereocenters. The molecule has 0 bridgehead atoms. The minimum atomic E-state index is 0.413. The van der Waals surface area contributed by atoms with E-state index < -0.39 is 0 Å². The second kappa shape index (κ2) is 4.23. The number of piperidine rings is 1. The molecule has 1 aliphatic heterocycles. The first-order valence-electron chi connectivity index (χ1n) is 6.94. The second-order valence-corrected chi connectivity index (χ2v) is 6.32. The van der Waals surface area contributed by atoms with E-state index in [0.717, 1.165) is 24.9 Å². The number of aromatic amines is 1. The molecule has 100 valence electrons. The van der Waals surface area contributed by atoms with Crippen LogP contribution in [-0.2, 0) is 0 Å². The average Bonchev–Trinajstić information content (AvgIpc) is 2.80. The molecule has 0 amide bonds. The zero-order valence-electron chi connectivity index (χ0n) is 11.5. The van der Waals surface area contributed by atoms with E-state index in [1.807, 2.05) is 7.05 Å². The van der Waals surface area contributed by atoms with Crippen LogP contribution < -0.4 is 10.2 Å². The third-order valence-electron chi connectivity index (χ3n) is 4.52. The van der Waals surface area contributed by atoms with E-state index in [1.54, 1.807) is 0 Å². The van der Waals surface area contributed by atoms with Gasteiger partial charge < -0.3 is 10.2 Å². The Morgan fingerprint density at radius 2 is 2.00 bits per heavy atom. The molecular weight excluding hydrogens is 226 g/mol. The SMILES string of the molecule is CNC1CCN(c2n[nH]c(C3CC3(C)C)n2)CC1. The lowest BCUT2D eigenvalue weighted by Crippen LogP contribution is -2.41. The van der Waals surface area contributed by atoms with Gasteiger partial charge in [0.15, 0.2) is 0 Å². The van der Waals surface area contributed by atoms with Crippen molar-refractivity contribution in [2.45, 2.75) is 45.1 Å². The third-order valence-corrected chi connectivity index (χ3v) is 4.52. The van der Waals surface area contributed by atoms with E-state index in [0.29, 0.717) is 17.4 Å². The number of nitrogens with one attached hydrogen (secondary N) is 2. The first-order valence-corrected chi connectivity index (χ1v) is 6.94. The molecule has 5 nitrogen and oxygen atoms in total. The minimum Gasteiger partial charge on any atom is -0.339 e. The molecule has 2 aliphatic rings. The number of nitrogens with zero attached hydrogens (tertiary/aromatic N) is 3. The van der Waals surface area contributed by atoms with Crippen LogP contribution in [0.1, 0.15) is 44.9 Å². The highest BCUT2D eigenvalue weighted by molar-refractivity contribution is 5.31. The Labute approximate surface area is 108 Å². The Bertz CT molecular complexity index is 417. The van der Waals surface area contributed by atoms with Crippen molar-refractivity contribution in [1.29, 1.82) is 0 Å². The van der Waals surface area contributed by atoms with E-state index in [-0.39, 0.29) is 0 Å². The molecule has 2 fully saturated rings. The largest absolute Gasteiger partial charge is 0.339 e. The van der Waals surface area contributed by atoms with E-state index in [4.69, 9.17) is 0 Å². The number of anilines is 1. The van der Waals surface area contributed by atoms with Crippen LogP contribution in [0.4, 0.5) is 5.95 Å². The molecule has 0 aromatic carbocycles. The summed E-state index contributed by atoms with van der Waals surface area (Å²) in [6.45, 7) is 6.68. The summed E-state index contributed by atoms with van der Waals surface area (Å²) < 4.78 is 0. The van der Waals surface area contributed by atoms with Crippen molar-refractivity contribution in [2.75, 3.05) is 25.0 Å². The fourth-order valence-electron chi connectivity index (χ4n) is 2.86. The van der Waals surface area contributed by atoms with E-state index in [2.05, 4.69) is 39.2 Å². The minimum absolute atomic E-state index is 0.413. The van der Waals surface area contributed by atoms with Crippen LogP contribution in [0.3, 0.4) is 0 Å². The summed E-state index contributed by atoms with van der Waals surface area (Å²) in [5.74, 6) is 2.54.